The van der Waals surface area contributed by atoms with E-state index in [9.17, 15) is 8.78 Å². The summed E-state index contributed by atoms with van der Waals surface area (Å²) in [7, 11) is -0.813. The zero-order chi connectivity index (χ0) is 16.8. The average Bonchev–Trinajstić information content (AvgIpc) is 2.68. The van der Waals surface area contributed by atoms with Crippen molar-refractivity contribution >= 4 is 12.6 Å². The predicted octanol–water partition coefficient (Wildman–Crippen LogP) is 3.93. The molecular formula is C18H19BF2O2. The Labute approximate surface area is 135 Å². The molecule has 0 aliphatic carbocycles. The van der Waals surface area contributed by atoms with Crippen LogP contribution in [0.15, 0.2) is 42.5 Å². The first-order chi connectivity index (χ1) is 10.7. The minimum Gasteiger partial charge on any atom is -0.399 e. The van der Waals surface area contributed by atoms with Gasteiger partial charge in [-0.3, -0.25) is 0 Å². The zero-order valence-electron chi connectivity index (χ0n) is 13.7. The van der Waals surface area contributed by atoms with Crippen molar-refractivity contribution in [1.29, 1.82) is 0 Å². The van der Waals surface area contributed by atoms with E-state index in [-0.39, 0.29) is 11.3 Å². The lowest BCUT2D eigenvalue weighted by molar-refractivity contribution is 0.00578. The van der Waals surface area contributed by atoms with Crippen LogP contribution in [0.4, 0.5) is 8.78 Å². The average molecular weight is 316 g/mol. The summed E-state index contributed by atoms with van der Waals surface area (Å²) in [6.45, 7) is 7.63. The van der Waals surface area contributed by atoms with Gasteiger partial charge in [0.05, 0.1) is 11.2 Å². The molecule has 120 valence electrons. The molecule has 23 heavy (non-hydrogen) atoms. The smallest absolute Gasteiger partial charge is 0.399 e. The quantitative estimate of drug-likeness (QED) is 0.782. The minimum absolute atomic E-state index is 0.282. The fraction of sp³-hybridized carbons (Fsp3) is 0.333. The molecule has 0 spiro atoms. The molecule has 2 aromatic rings. The van der Waals surface area contributed by atoms with Crippen LogP contribution in [0.1, 0.15) is 27.7 Å². The minimum atomic E-state index is -0.813. The summed E-state index contributed by atoms with van der Waals surface area (Å²) in [6.07, 6.45) is 0. The SMILES string of the molecule is CC1(C)OB(c2cc(-c3ccccc3F)ccc2F)OC1(C)C. The van der Waals surface area contributed by atoms with Crippen LogP contribution in [0.2, 0.25) is 0 Å². The molecule has 1 saturated heterocycles. The molecule has 0 amide bonds. The Morgan fingerprint density at radius 1 is 0.826 bits per heavy atom. The number of hydrogen-bond donors (Lipinski definition) is 0. The summed E-state index contributed by atoms with van der Waals surface area (Å²) in [6, 6.07) is 10.9. The summed E-state index contributed by atoms with van der Waals surface area (Å²) >= 11 is 0. The predicted molar refractivity (Wildman–Crippen MR) is 87.5 cm³/mol. The van der Waals surface area contributed by atoms with Gasteiger partial charge >= 0.3 is 7.12 Å². The van der Waals surface area contributed by atoms with Crippen LogP contribution in [-0.2, 0) is 9.31 Å². The van der Waals surface area contributed by atoms with Crippen LogP contribution in [0.25, 0.3) is 11.1 Å². The molecule has 1 aliphatic heterocycles. The molecule has 0 bridgehead atoms. The lowest BCUT2D eigenvalue weighted by atomic mass is 9.77. The number of hydrogen-bond acceptors (Lipinski definition) is 2. The fourth-order valence-corrected chi connectivity index (χ4v) is 2.56. The number of halogens is 2. The van der Waals surface area contributed by atoms with Gasteiger partial charge in [-0.1, -0.05) is 30.3 Å². The van der Waals surface area contributed by atoms with Crippen molar-refractivity contribution in [2.24, 2.45) is 0 Å². The molecule has 0 N–H and O–H groups in total. The van der Waals surface area contributed by atoms with E-state index in [1.54, 1.807) is 30.3 Å². The molecular weight excluding hydrogens is 297 g/mol. The van der Waals surface area contributed by atoms with Gasteiger partial charge in [0.2, 0.25) is 0 Å². The Balaban J connectivity index is 2.02. The molecule has 1 fully saturated rings. The summed E-state index contributed by atoms with van der Waals surface area (Å²) in [5.74, 6) is -0.775. The molecule has 2 nitrogen and oxygen atoms in total. The summed E-state index contributed by atoms with van der Waals surface area (Å²) in [5.41, 5.74) is 0.180. The number of rotatable bonds is 2. The fourth-order valence-electron chi connectivity index (χ4n) is 2.56. The van der Waals surface area contributed by atoms with Crippen molar-refractivity contribution in [2.75, 3.05) is 0 Å². The Morgan fingerprint density at radius 2 is 1.43 bits per heavy atom. The second-order valence-electron chi connectivity index (χ2n) is 6.80. The monoisotopic (exact) mass is 316 g/mol. The van der Waals surface area contributed by atoms with Crippen LogP contribution in [0, 0.1) is 11.6 Å². The Kier molecular flexibility index (Phi) is 3.81. The van der Waals surface area contributed by atoms with Gasteiger partial charge in [-0.2, -0.15) is 0 Å². The molecule has 2 aromatic carbocycles. The Bertz CT molecular complexity index is 728. The van der Waals surface area contributed by atoms with Crippen molar-refractivity contribution in [3.8, 4) is 11.1 Å². The van der Waals surface area contributed by atoms with Gasteiger partial charge in [0.15, 0.2) is 0 Å². The standard InChI is InChI=1S/C18H19BF2O2/c1-17(2)18(3,4)23-19(22-17)14-11-12(9-10-16(14)21)13-7-5-6-8-15(13)20/h5-11H,1-4H3. The van der Waals surface area contributed by atoms with Crippen molar-refractivity contribution in [2.45, 2.75) is 38.9 Å². The molecule has 5 heteroatoms. The molecule has 1 heterocycles. The van der Waals surface area contributed by atoms with Crippen molar-refractivity contribution in [3.63, 3.8) is 0 Å². The molecule has 0 atom stereocenters. The molecule has 0 unspecified atom stereocenters. The van der Waals surface area contributed by atoms with Crippen molar-refractivity contribution in [3.05, 3.63) is 54.1 Å². The maximum Gasteiger partial charge on any atom is 0.497 e. The lowest BCUT2D eigenvalue weighted by Crippen LogP contribution is -2.41. The lowest BCUT2D eigenvalue weighted by Gasteiger charge is -2.32. The van der Waals surface area contributed by atoms with E-state index in [0.717, 1.165) is 0 Å². The Morgan fingerprint density at radius 3 is 2.04 bits per heavy atom. The van der Waals surface area contributed by atoms with E-state index in [4.69, 9.17) is 9.31 Å². The number of benzene rings is 2. The third kappa shape index (κ3) is 2.79. The normalized spacial score (nSPS) is 19.1. The van der Waals surface area contributed by atoms with Crippen LogP contribution in [0.3, 0.4) is 0 Å². The first-order valence-electron chi connectivity index (χ1n) is 7.61. The van der Waals surface area contributed by atoms with Crippen LogP contribution in [0.5, 0.6) is 0 Å². The van der Waals surface area contributed by atoms with E-state index in [1.807, 2.05) is 27.7 Å². The molecule has 3 rings (SSSR count). The van der Waals surface area contributed by atoms with Crippen LogP contribution in [-0.4, -0.2) is 18.3 Å². The first-order valence-corrected chi connectivity index (χ1v) is 7.61. The van der Waals surface area contributed by atoms with E-state index in [0.29, 0.717) is 11.1 Å². The molecule has 0 radical (unpaired) electrons. The van der Waals surface area contributed by atoms with Gasteiger partial charge in [0, 0.05) is 11.0 Å². The highest BCUT2D eigenvalue weighted by Crippen LogP contribution is 2.37. The highest BCUT2D eigenvalue weighted by atomic mass is 19.1. The van der Waals surface area contributed by atoms with Gasteiger partial charge in [-0.05, 0) is 45.4 Å². The zero-order valence-corrected chi connectivity index (χ0v) is 13.7. The summed E-state index contributed by atoms with van der Waals surface area (Å²) in [4.78, 5) is 0. The van der Waals surface area contributed by atoms with E-state index in [1.165, 1.54) is 12.1 Å². The molecule has 1 aliphatic rings. The second-order valence-corrected chi connectivity index (χ2v) is 6.80. The third-order valence-electron chi connectivity index (χ3n) is 4.69. The van der Waals surface area contributed by atoms with Crippen LogP contribution < -0.4 is 5.46 Å². The maximum atomic E-state index is 14.3. The van der Waals surface area contributed by atoms with Gasteiger partial charge in [0.25, 0.3) is 0 Å². The molecule has 0 saturated carbocycles. The van der Waals surface area contributed by atoms with Gasteiger partial charge in [0.1, 0.15) is 11.6 Å². The maximum absolute atomic E-state index is 14.3. The third-order valence-corrected chi connectivity index (χ3v) is 4.69. The van der Waals surface area contributed by atoms with Crippen LogP contribution >= 0.6 is 0 Å². The highest BCUT2D eigenvalue weighted by molar-refractivity contribution is 6.62. The van der Waals surface area contributed by atoms with Crippen molar-refractivity contribution in [1.82, 2.24) is 0 Å². The van der Waals surface area contributed by atoms with Gasteiger partial charge in [-0.15, -0.1) is 0 Å². The van der Waals surface area contributed by atoms with E-state index in [2.05, 4.69) is 0 Å². The summed E-state index contributed by atoms with van der Waals surface area (Å²) in [5, 5.41) is 0. The largest absolute Gasteiger partial charge is 0.497 e. The Hall–Kier alpha value is -1.72. The van der Waals surface area contributed by atoms with Gasteiger partial charge < -0.3 is 9.31 Å². The molecule has 0 aromatic heterocycles. The van der Waals surface area contributed by atoms with E-state index >= 15 is 0 Å². The topological polar surface area (TPSA) is 18.5 Å². The van der Waals surface area contributed by atoms with E-state index < -0.39 is 24.1 Å². The van der Waals surface area contributed by atoms with Crippen molar-refractivity contribution < 1.29 is 18.1 Å². The van der Waals surface area contributed by atoms with Gasteiger partial charge in [-0.25, -0.2) is 8.78 Å². The first kappa shape index (κ1) is 16.2. The highest BCUT2D eigenvalue weighted by Gasteiger charge is 2.52. The summed E-state index contributed by atoms with van der Waals surface area (Å²) < 4.78 is 40.1. The second kappa shape index (κ2) is 5.43.